The Morgan fingerprint density at radius 2 is 2.00 bits per heavy atom. The average molecular weight is 535 g/mol. The third-order valence-corrected chi connectivity index (χ3v) is 7.75. The number of hydrogen-bond donors (Lipinski definition) is 3. The molecule has 5 rings (SSSR count). The minimum absolute atomic E-state index is 0.0826. The van der Waals surface area contributed by atoms with Crippen molar-refractivity contribution in [1.82, 2.24) is 25.0 Å². The molecule has 0 amide bonds. The molecule has 1 atom stereocenters. The highest BCUT2D eigenvalue weighted by atomic mass is 35.5. The summed E-state index contributed by atoms with van der Waals surface area (Å²) in [6.07, 6.45) is 6.26. The van der Waals surface area contributed by atoms with Crippen LogP contribution in [0.5, 0.6) is 5.75 Å². The zero-order valence-corrected chi connectivity index (χ0v) is 21.4. The topological polar surface area (TPSA) is 101 Å². The third kappa shape index (κ3) is 5.03. The second kappa shape index (κ2) is 10.1. The minimum Gasteiger partial charge on any atom is -0.482 e. The van der Waals surface area contributed by atoms with Crippen LogP contribution in [0.1, 0.15) is 31.4 Å². The molecule has 3 aromatic rings. The maximum Gasteiger partial charge on any atom is 0.166 e. The molecule has 4 N–H and O–H groups in total. The average Bonchev–Trinajstić information content (AvgIpc) is 3.29. The van der Waals surface area contributed by atoms with Gasteiger partial charge in [0.05, 0.1) is 11.2 Å². The SMILES string of the molecule is CC(Oc1cc(-c2cnn(CC3CN(C4(O)CCNCC4)C3)c2)cnc1N)c1c(Cl)ccc(F)c1Cl. The fourth-order valence-corrected chi connectivity index (χ4v) is 5.60. The van der Waals surface area contributed by atoms with Crippen molar-refractivity contribution in [2.24, 2.45) is 5.92 Å². The van der Waals surface area contributed by atoms with Gasteiger partial charge in [-0.1, -0.05) is 23.2 Å². The predicted octanol–water partition coefficient (Wildman–Crippen LogP) is 4.12. The Bertz CT molecular complexity index is 1240. The summed E-state index contributed by atoms with van der Waals surface area (Å²) in [5, 5.41) is 18.9. The van der Waals surface area contributed by atoms with Gasteiger partial charge in [0.25, 0.3) is 0 Å². The van der Waals surface area contributed by atoms with Crippen molar-refractivity contribution in [2.45, 2.75) is 38.1 Å². The highest BCUT2D eigenvalue weighted by molar-refractivity contribution is 6.36. The van der Waals surface area contributed by atoms with Gasteiger partial charge in [0.15, 0.2) is 11.6 Å². The number of aromatic nitrogens is 3. The van der Waals surface area contributed by atoms with Crippen molar-refractivity contribution in [1.29, 1.82) is 0 Å². The molecule has 2 fully saturated rings. The van der Waals surface area contributed by atoms with Crippen LogP contribution in [-0.4, -0.2) is 56.7 Å². The number of ether oxygens (including phenoxy) is 1. The van der Waals surface area contributed by atoms with Crippen LogP contribution >= 0.6 is 23.2 Å². The number of nitrogen functional groups attached to an aromatic ring is 1. The van der Waals surface area contributed by atoms with Gasteiger partial charge in [-0.3, -0.25) is 9.58 Å². The molecule has 192 valence electrons. The maximum atomic E-state index is 14.0. The Morgan fingerprint density at radius 3 is 2.75 bits per heavy atom. The molecule has 0 aliphatic carbocycles. The molecule has 0 radical (unpaired) electrons. The second-order valence-electron chi connectivity index (χ2n) is 9.58. The second-order valence-corrected chi connectivity index (χ2v) is 10.4. The maximum absolute atomic E-state index is 14.0. The van der Waals surface area contributed by atoms with E-state index in [-0.39, 0.29) is 10.8 Å². The molecule has 2 aromatic heterocycles. The van der Waals surface area contributed by atoms with Crippen LogP contribution in [0.4, 0.5) is 10.2 Å². The van der Waals surface area contributed by atoms with E-state index in [2.05, 4.69) is 20.3 Å². The highest BCUT2D eigenvalue weighted by Gasteiger charge is 2.42. The summed E-state index contributed by atoms with van der Waals surface area (Å²) in [6, 6.07) is 4.43. The van der Waals surface area contributed by atoms with Crippen LogP contribution in [0.25, 0.3) is 11.1 Å². The van der Waals surface area contributed by atoms with E-state index in [1.54, 1.807) is 25.4 Å². The molecule has 2 saturated heterocycles. The van der Waals surface area contributed by atoms with Gasteiger partial charge < -0.3 is 20.9 Å². The number of likely N-dealkylation sites (tertiary alicyclic amines) is 1. The molecule has 0 bridgehead atoms. The van der Waals surface area contributed by atoms with Gasteiger partial charge in [-0.05, 0) is 38.2 Å². The van der Waals surface area contributed by atoms with Crippen LogP contribution in [0.3, 0.4) is 0 Å². The number of hydrogen-bond acceptors (Lipinski definition) is 7. The molecule has 0 spiro atoms. The normalized spacial score (nSPS) is 19.1. The molecule has 2 aliphatic heterocycles. The summed E-state index contributed by atoms with van der Waals surface area (Å²) in [6.45, 7) is 5.90. The lowest BCUT2D eigenvalue weighted by Crippen LogP contribution is -2.63. The molecule has 1 unspecified atom stereocenters. The van der Waals surface area contributed by atoms with Crippen molar-refractivity contribution < 1.29 is 14.2 Å². The zero-order valence-electron chi connectivity index (χ0n) is 19.9. The van der Waals surface area contributed by atoms with E-state index < -0.39 is 17.6 Å². The first kappa shape index (κ1) is 25.2. The lowest BCUT2D eigenvalue weighted by atomic mass is 9.91. The fourth-order valence-electron chi connectivity index (χ4n) is 4.92. The summed E-state index contributed by atoms with van der Waals surface area (Å²) in [5.74, 6) is 0.404. The largest absolute Gasteiger partial charge is 0.482 e. The number of rotatable bonds is 7. The summed E-state index contributed by atoms with van der Waals surface area (Å²) >= 11 is 12.4. The van der Waals surface area contributed by atoms with Crippen molar-refractivity contribution in [3.05, 3.63) is 58.2 Å². The van der Waals surface area contributed by atoms with E-state index in [1.165, 1.54) is 12.1 Å². The summed E-state index contributed by atoms with van der Waals surface area (Å²) in [7, 11) is 0. The molecule has 0 saturated carbocycles. The van der Waals surface area contributed by atoms with Gasteiger partial charge in [0.1, 0.15) is 17.6 Å². The fraction of sp³-hybridized carbons (Fsp3) is 0.440. The van der Waals surface area contributed by atoms with Crippen LogP contribution in [0.2, 0.25) is 10.0 Å². The number of benzene rings is 1. The molecule has 11 heteroatoms. The van der Waals surface area contributed by atoms with Gasteiger partial charge in [-0.15, -0.1) is 0 Å². The van der Waals surface area contributed by atoms with E-state index in [9.17, 15) is 9.50 Å². The van der Waals surface area contributed by atoms with Crippen molar-refractivity contribution in [2.75, 3.05) is 31.9 Å². The molecule has 8 nitrogen and oxygen atoms in total. The zero-order chi connectivity index (χ0) is 25.4. The van der Waals surface area contributed by atoms with Crippen LogP contribution in [0, 0.1) is 11.7 Å². The Labute approximate surface area is 219 Å². The van der Waals surface area contributed by atoms with E-state index in [0.29, 0.717) is 22.3 Å². The van der Waals surface area contributed by atoms with Crippen LogP contribution < -0.4 is 15.8 Å². The monoisotopic (exact) mass is 534 g/mol. The van der Waals surface area contributed by atoms with Gasteiger partial charge in [0.2, 0.25) is 0 Å². The number of aliphatic hydroxyl groups is 1. The lowest BCUT2D eigenvalue weighted by molar-refractivity contribution is -0.173. The van der Waals surface area contributed by atoms with Crippen molar-refractivity contribution in [3.63, 3.8) is 0 Å². The van der Waals surface area contributed by atoms with Gasteiger partial charge in [0, 0.05) is 72.5 Å². The van der Waals surface area contributed by atoms with Crippen molar-refractivity contribution in [3.8, 4) is 16.9 Å². The number of anilines is 1. The Kier molecular flexibility index (Phi) is 7.11. The van der Waals surface area contributed by atoms with E-state index in [0.717, 1.165) is 56.7 Å². The summed E-state index contributed by atoms with van der Waals surface area (Å²) in [4.78, 5) is 6.44. The molecule has 1 aromatic carbocycles. The summed E-state index contributed by atoms with van der Waals surface area (Å²) in [5.41, 5.74) is 7.38. The van der Waals surface area contributed by atoms with Gasteiger partial charge in [-0.2, -0.15) is 5.10 Å². The van der Waals surface area contributed by atoms with Crippen LogP contribution in [-0.2, 0) is 6.54 Å². The van der Waals surface area contributed by atoms with Crippen molar-refractivity contribution >= 4 is 29.0 Å². The standard InChI is InChI=1S/C25H29Cl2FN6O2/c1-15(22-19(26)2-3-20(28)23(22)27)36-21-8-17(9-31-24(21)29)18-10-32-34(14-18)13-16-11-33(12-16)25(35)4-6-30-7-5-25/h2-3,8-10,14-16,30,35H,4-7,11-13H2,1H3,(H2,29,31). The van der Waals surface area contributed by atoms with Gasteiger partial charge in [-0.25, -0.2) is 9.37 Å². The Balaban J connectivity index is 1.25. The number of nitrogens with zero attached hydrogens (tertiary/aromatic N) is 4. The Hall–Kier alpha value is -2.43. The first-order chi connectivity index (χ1) is 17.2. The highest BCUT2D eigenvalue weighted by Crippen LogP contribution is 2.37. The van der Waals surface area contributed by atoms with Crippen LogP contribution in [0.15, 0.2) is 36.8 Å². The van der Waals surface area contributed by atoms with E-state index in [1.807, 2.05) is 10.9 Å². The smallest absolute Gasteiger partial charge is 0.166 e. The quantitative estimate of drug-likeness (QED) is 0.392. The molecular weight excluding hydrogens is 506 g/mol. The number of piperidine rings is 1. The molecule has 4 heterocycles. The minimum atomic E-state index is -0.680. The number of pyridine rings is 1. The Morgan fingerprint density at radius 1 is 1.25 bits per heavy atom. The molecular formula is C25H29Cl2FN6O2. The van der Waals surface area contributed by atoms with Gasteiger partial charge >= 0.3 is 0 Å². The number of nitrogens with one attached hydrogen (secondary N) is 1. The number of nitrogens with two attached hydrogens (primary N) is 1. The predicted molar refractivity (Wildman–Crippen MR) is 137 cm³/mol. The summed E-state index contributed by atoms with van der Waals surface area (Å²) < 4.78 is 21.9. The third-order valence-electron chi connectivity index (χ3n) is 7.03. The van der Waals surface area contributed by atoms with E-state index >= 15 is 0 Å². The van der Waals surface area contributed by atoms with E-state index in [4.69, 9.17) is 33.7 Å². The number of halogens is 3. The first-order valence-corrected chi connectivity index (χ1v) is 12.8. The molecule has 2 aliphatic rings. The first-order valence-electron chi connectivity index (χ1n) is 12.0. The lowest BCUT2D eigenvalue weighted by Gasteiger charge is -2.51. The molecule has 36 heavy (non-hydrogen) atoms.